The van der Waals surface area contributed by atoms with Crippen LogP contribution in [0.25, 0.3) is 11.3 Å². The number of halogens is 1. The lowest BCUT2D eigenvalue weighted by molar-refractivity contribution is 0.0566. The van der Waals surface area contributed by atoms with Gasteiger partial charge in [0.1, 0.15) is 11.5 Å². The van der Waals surface area contributed by atoms with E-state index in [9.17, 15) is 4.79 Å². The number of benzene rings is 1. The van der Waals surface area contributed by atoms with Crippen LogP contribution in [0.5, 0.6) is 5.75 Å². The monoisotopic (exact) mass is 310 g/mol. The molecular weight excluding hydrogens is 300 g/mol. The van der Waals surface area contributed by atoms with Crippen LogP contribution in [-0.4, -0.2) is 20.2 Å². The van der Waals surface area contributed by atoms with Crippen LogP contribution in [0, 0.1) is 0 Å². The summed E-state index contributed by atoms with van der Waals surface area (Å²) in [4.78, 5) is 11.3. The number of furan rings is 1. The Hall–Kier alpha value is -1.75. The first-order valence-electron chi connectivity index (χ1n) is 5.18. The molecule has 4 nitrogen and oxygen atoms in total. The number of carbonyl (C=O) groups is 1. The van der Waals surface area contributed by atoms with E-state index in [2.05, 4.69) is 20.7 Å². The molecule has 0 spiro atoms. The molecule has 0 fully saturated rings. The highest BCUT2D eigenvalue weighted by atomic mass is 79.9. The molecule has 0 saturated heterocycles. The van der Waals surface area contributed by atoms with Crippen LogP contribution in [-0.2, 0) is 4.74 Å². The van der Waals surface area contributed by atoms with Gasteiger partial charge in [-0.05, 0) is 40.2 Å². The molecule has 0 radical (unpaired) electrons. The Bertz CT molecular complexity index is 574. The minimum atomic E-state index is -0.507. The van der Waals surface area contributed by atoms with Crippen molar-refractivity contribution in [3.8, 4) is 17.1 Å². The van der Waals surface area contributed by atoms with Gasteiger partial charge in [0.05, 0.1) is 19.8 Å². The fourth-order valence-electron chi connectivity index (χ4n) is 1.60. The maximum absolute atomic E-state index is 11.3. The van der Waals surface area contributed by atoms with Gasteiger partial charge in [-0.3, -0.25) is 0 Å². The van der Waals surface area contributed by atoms with E-state index in [1.807, 2.05) is 18.2 Å². The molecule has 0 aliphatic carbocycles. The van der Waals surface area contributed by atoms with E-state index in [-0.39, 0.29) is 5.76 Å². The Morgan fingerprint density at radius 3 is 2.67 bits per heavy atom. The second-order valence-corrected chi connectivity index (χ2v) is 4.33. The largest absolute Gasteiger partial charge is 0.496 e. The number of hydrogen-bond donors (Lipinski definition) is 0. The molecule has 0 bridgehead atoms. The van der Waals surface area contributed by atoms with Crippen molar-refractivity contribution >= 4 is 21.9 Å². The van der Waals surface area contributed by atoms with Gasteiger partial charge in [-0.25, -0.2) is 4.79 Å². The molecule has 18 heavy (non-hydrogen) atoms. The van der Waals surface area contributed by atoms with Gasteiger partial charge in [-0.1, -0.05) is 6.07 Å². The Morgan fingerprint density at radius 1 is 1.22 bits per heavy atom. The van der Waals surface area contributed by atoms with Gasteiger partial charge >= 0.3 is 5.97 Å². The summed E-state index contributed by atoms with van der Waals surface area (Å²) in [6, 6.07) is 8.82. The van der Waals surface area contributed by atoms with Crippen molar-refractivity contribution < 1.29 is 18.7 Å². The summed E-state index contributed by atoms with van der Waals surface area (Å²) in [6.07, 6.45) is 0. The highest BCUT2D eigenvalue weighted by Gasteiger charge is 2.17. The SMILES string of the molecule is COC(=O)c1ccc(-c2c(Br)cccc2OC)o1. The average molecular weight is 311 g/mol. The van der Waals surface area contributed by atoms with Crippen molar-refractivity contribution in [3.63, 3.8) is 0 Å². The van der Waals surface area contributed by atoms with Crippen molar-refractivity contribution in [3.05, 3.63) is 40.6 Å². The highest BCUT2D eigenvalue weighted by molar-refractivity contribution is 9.10. The predicted octanol–water partition coefficient (Wildman–Crippen LogP) is 3.50. The summed E-state index contributed by atoms with van der Waals surface area (Å²) in [5.74, 6) is 0.854. The van der Waals surface area contributed by atoms with Crippen molar-refractivity contribution in [2.24, 2.45) is 0 Å². The van der Waals surface area contributed by atoms with Gasteiger partial charge < -0.3 is 13.9 Å². The second kappa shape index (κ2) is 5.27. The second-order valence-electron chi connectivity index (χ2n) is 3.47. The Kier molecular flexibility index (Phi) is 3.72. The quantitative estimate of drug-likeness (QED) is 0.814. The van der Waals surface area contributed by atoms with E-state index in [0.717, 1.165) is 10.0 Å². The molecule has 0 saturated carbocycles. The average Bonchev–Trinajstić information content (AvgIpc) is 2.86. The van der Waals surface area contributed by atoms with Gasteiger partial charge in [0.25, 0.3) is 0 Å². The Morgan fingerprint density at radius 2 is 2.00 bits per heavy atom. The van der Waals surface area contributed by atoms with Gasteiger partial charge in [0, 0.05) is 4.47 Å². The molecule has 94 valence electrons. The predicted molar refractivity (Wildman–Crippen MR) is 69.7 cm³/mol. The first-order valence-corrected chi connectivity index (χ1v) is 5.97. The molecule has 2 rings (SSSR count). The standard InChI is InChI=1S/C13H11BrO4/c1-16-9-5-3-4-8(14)12(9)10-6-7-11(18-10)13(15)17-2/h3-7H,1-2H3. The van der Waals surface area contributed by atoms with E-state index in [1.54, 1.807) is 19.2 Å². The van der Waals surface area contributed by atoms with E-state index >= 15 is 0 Å². The first-order chi connectivity index (χ1) is 8.67. The van der Waals surface area contributed by atoms with Gasteiger partial charge in [0.15, 0.2) is 0 Å². The van der Waals surface area contributed by atoms with E-state index in [1.165, 1.54) is 7.11 Å². The summed E-state index contributed by atoms with van der Waals surface area (Å²) in [7, 11) is 2.89. The molecule has 0 atom stereocenters. The summed E-state index contributed by atoms with van der Waals surface area (Å²) >= 11 is 3.43. The number of esters is 1. The molecule has 0 aliphatic heterocycles. The van der Waals surface area contributed by atoms with Crippen molar-refractivity contribution in [2.75, 3.05) is 14.2 Å². The zero-order valence-corrected chi connectivity index (χ0v) is 11.5. The van der Waals surface area contributed by atoms with Gasteiger partial charge in [0.2, 0.25) is 5.76 Å². The molecule has 2 aromatic rings. The molecule has 1 aromatic heterocycles. The van der Waals surface area contributed by atoms with Crippen molar-refractivity contribution in [2.45, 2.75) is 0 Å². The lowest BCUT2D eigenvalue weighted by Gasteiger charge is -2.07. The van der Waals surface area contributed by atoms with Crippen LogP contribution >= 0.6 is 15.9 Å². The van der Waals surface area contributed by atoms with Crippen LogP contribution in [0.3, 0.4) is 0 Å². The molecule has 0 unspecified atom stereocenters. The summed E-state index contributed by atoms with van der Waals surface area (Å²) in [6.45, 7) is 0. The van der Waals surface area contributed by atoms with Gasteiger partial charge in [-0.2, -0.15) is 0 Å². The highest BCUT2D eigenvalue weighted by Crippen LogP contribution is 2.37. The third-order valence-corrected chi connectivity index (χ3v) is 3.10. The minimum Gasteiger partial charge on any atom is -0.496 e. The van der Waals surface area contributed by atoms with Crippen LogP contribution in [0.1, 0.15) is 10.6 Å². The van der Waals surface area contributed by atoms with E-state index in [0.29, 0.717) is 11.5 Å². The molecule has 0 amide bonds. The molecule has 5 heteroatoms. The summed E-state index contributed by atoms with van der Waals surface area (Å²) < 4.78 is 16.2. The Balaban J connectivity index is 2.49. The topological polar surface area (TPSA) is 48.7 Å². The van der Waals surface area contributed by atoms with E-state index in [4.69, 9.17) is 9.15 Å². The zero-order chi connectivity index (χ0) is 13.1. The molecule has 1 aromatic carbocycles. The number of ether oxygens (including phenoxy) is 2. The maximum Gasteiger partial charge on any atom is 0.373 e. The fourth-order valence-corrected chi connectivity index (χ4v) is 2.14. The third kappa shape index (κ3) is 2.26. The number of methoxy groups -OCH3 is 2. The number of rotatable bonds is 3. The molecule has 0 aliphatic rings. The van der Waals surface area contributed by atoms with Gasteiger partial charge in [-0.15, -0.1) is 0 Å². The minimum absolute atomic E-state index is 0.158. The number of hydrogen-bond acceptors (Lipinski definition) is 4. The Labute approximate surface area is 113 Å². The first kappa shape index (κ1) is 12.7. The van der Waals surface area contributed by atoms with E-state index < -0.39 is 5.97 Å². The zero-order valence-electron chi connectivity index (χ0n) is 9.90. The number of carbonyl (C=O) groups excluding carboxylic acids is 1. The lowest BCUT2D eigenvalue weighted by atomic mass is 10.1. The van der Waals surface area contributed by atoms with Crippen LogP contribution in [0.4, 0.5) is 0 Å². The lowest BCUT2D eigenvalue weighted by Crippen LogP contribution is -1.98. The van der Waals surface area contributed by atoms with Crippen LogP contribution < -0.4 is 4.74 Å². The normalized spacial score (nSPS) is 10.2. The van der Waals surface area contributed by atoms with Crippen LogP contribution in [0.2, 0.25) is 0 Å². The summed E-state index contributed by atoms with van der Waals surface area (Å²) in [5, 5.41) is 0. The third-order valence-electron chi connectivity index (χ3n) is 2.43. The molecule has 0 N–H and O–H groups in total. The van der Waals surface area contributed by atoms with Crippen LogP contribution in [0.15, 0.2) is 39.2 Å². The fraction of sp³-hybridized carbons (Fsp3) is 0.154. The summed E-state index contributed by atoms with van der Waals surface area (Å²) in [5.41, 5.74) is 0.759. The van der Waals surface area contributed by atoms with Crippen molar-refractivity contribution in [1.29, 1.82) is 0 Å². The smallest absolute Gasteiger partial charge is 0.373 e. The molecular formula is C13H11BrO4. The maximum atomic E-state index is 11.3. The molecule has 1 heterocycles. The van der Waals surface area contributed by atoms with Crippen molar-refractivity contribution in [1.82, 2.24) is 0 Å².